The number of methoxy groups -OCH3 is 1. The molecule has 6 nitrogen and oxygen atoms in total. The van der Waals surface area contributed by atoms with Crippen molar-refractivity contribution in [2.45, 2.75) is 25.7 Å². The molecule has 0 saturated heterocycles. The van der Waals surface area contributed by atoms with E-state index in [-0.39, 0.29) is 11.8 Å². The lowest BCUT2D eigenvalue weighted by Crippen LogP contribution is -2.46. The molecule has 1 fully saturated rings. The molecule has 0 atom stereocenters. The van der Waals surface area contributed by atoms with E-state index in [0.29, 0.717) is 28.6 Å². The van der Waals surface area contributed by atoms with Crippen LogP contribution in [0.15, 0.2) is 12.1 Å². The first-order valence-corrected chi connectivity index (χ1v) is 8.31. The van der Waals surface area contributed by atoms with E-state index in [1.165, 1.54) is 19.2 Å². The van der Waals surface area contributed by atoms with Crippen LogP contribution in [-0.4, -0.2) is 44.5 Å². The standard InChI is InChI=1S/C17H24ClN3O3/c1-21(2)16(23)17(6-4-5-7-17)10-20-15(22)11-8-12(18)13(19)9-14(11)24-3/h8-9H,4-7,10,19H2,1-3H3,(H,20,22). The van der Waals surface area contributed by atoms with E-state index >= 15 is 0 Å². The molecule has 0 aliphatic heterocycles. The summed E-state index contributed by atoms with van der Waals surface area (Å²) in [4.78, 5) is 26.7. The topological polar surface area (TPSA) is 84.7 Å². The lowest BCUT2D eigenvalue weighted by molar-refractivity contribution is -0.138. The number of hydrogen-bond donors (Lipinski definition) is 2. The molecule has 2 amide bonds. The van der Waals surface area contributed by atoms with Crippen molar-refractivity contribution in [3.05, 3.63) is 22.7 Å². The van der Waals surface area contributed by atoms with Crippen LogP contribution < -0.4 is 15.8 Å². The Labute approximate surface area is 147 Å². The molecule has 0 heterocycles. The SMILES string of the molecule is COc1cc(N)c(Cl)cc1C(=O)NCC1(C(=O)N(C)C)CCCC1. The molecule has 2 rings (SSSR count). The average molecular weight is 354 g/mol. The number of ether oxygens (including phenoxy) is 1. The van der Waals surface area contributed by atoms with E-state index in [4.69, 9.17) is 22.1 Å². The number of carbonyl (C=O) groups excluding carboxylic acids is 2. The maximum atomic E-state index is 12.6. The number of nitrogens with two attached hydrogens (primary N) is 1. The number of nitrogens with zero attached hydrogens (tertiary/aromatic N) is 1. The molecular formula is C17H24ClN3O3. The Morgan fingerprint density at radius 2 is 1.96 bits per heavy atom. The van der Waals surface area contributed by atoms with Crippen LogP contribution in [0.5, 0.6) is 5.75 Å². The largest absolute Gasteiger partial charge is 0.496 e. The summed E-state index contributed by atoms with van der Waals surface area (Å²) in [6, 6.07) is 3.01. The molecular weight excluding hydrogens is 330 g/mol. The van der Waals surface area contributed by atoms with E-state index in [9.17, 15) is 9.59 Å². The number of anilines is 1. The number of benzene rings is 1. The Morgan fingerprint density at radius 1 is 1.33 bits per heavy atom. The summed E-state index contributed by atoms with van der Waals surface area (Å²) in [5.74, 6) is 0.0861. The summed E-state index contributed by atoms with van der Waals surface area (Å²) in [7, 11) is 4.95. The van der Waals surface area contributed by atoms with Gasteiger partial charge >= 0.3 is 0 Å². The van der Waals surface area contributed by atoms with Crippen molar-refractivity contribution in [1.29, 1.82) is 0 Å². The minimum Gasteiger partial charge on any atom is -0.496 e. The lowest BCUT2D eigenvalue weighted by Gasteiger charge is -2.30. The number of halogens is 1. The first-order chi connectivity index (χ1) is 11.3. The summed E-state index contributed by atoms with van der Waals surface area (Å²) in [5, 5.41) is 3.17. The van der Waals surface area contributed by atoms with Gasteiger partial charge in [-0.25, -0.2) is 0 Å². The Morgan fingerprint density at radius 3 is 2.50 bits per heavy atom. The lowest BCUT2D eigenvalue weighted by atomic mass is 9.84. The van der Waals surface area contributed by atoms with Gasteiger partial charge < -0.3 is 20.7 Å². The predicted octanol–water partition coefficient (Wildman–Crippen LogP) is 2.31. The summed E-state index contributed by atoms with van der Waals surface area (Å²) < 4.78 is 5.21. The smallest absolute Gasteiger partial charge is 0.255 e. The van der Waals surface area contributed by atoms with Gasteiger partial charge in [-0.05, 0) is 18.9 Å². The van der Waals surface area contributed by atoms with Crippen molar-refractivity contribution in [2.75, 3.05) is 33.5 Å². The molecule has 24 heavy (non-hydrogen) atoms. The van der Waals surface area contributed by atoms with Gasteiger partial charge in [0.25, 0.3) is 5.91 Å². The van der Waals surface area contributed by atoms with Gasteiger partial charge in [0.2, 0.25) is 5.91 Å². The number of rotatable bonds is 5. The molecule has 1 aromatic rings. The van der Waals surface area contributed by atoms with Gasteiger partial charge in [0.15, 0.2) is 0 Å². The van der Waals surface area contributed by atoms with Crippen molar-refractivity contribution in [1.82, 2.24) is 10.2 Å². The third-order valence-electron chi connectivity index (χ3n) is 4.57. The van der Waals surface area contributed by atoms with Gasteiger partial charge in [-0.1, -0.05) is 24.4 Å². The summed E-state index contributed by atoms with van der Waals surface area (Å²) in [6.45, 7) is 0.300. The summed E-state index contributed by atoms with van der Waals surface area (Å²) >= 11 is 6.01. The van der Waals surface area contributed by atoms with Crippen LogP contribution in [0.25, 0.3) is 0 Å². The highest BCUT2D eigenvalue weighted by molar-refractivity contribution is 6.33. The van der Waals surface area contributed by atoms with Gasteiger partial charge in [-0.15, -0.1) is 0 Å². The summed E-state index contributed by atoms with van der Waals surface area (Å²) in [6.07, 6.45) is 3.55. The molecule has 1 aromatic carbocycles. The number of amides is 2. The zero-order chi connectivity index (χ0) is 17.9. The molecule has 0 bridgehead atoms. The van der Waals surface area contributed by atoms with Crippen LogP contribution in [0.3, 0.4) is 0 Å². The highest BCUT2D eigenvalue weighted by atomic mass is 35.5. The highest BCUT2D eigenvalue weighted by Crippen LogP contribution is 2.39. The van der Waals surface area contributed by atoms with E-state index in [2.05, 4.69) is 5.32 Å². The highest BCUT2D eigenvalue weighted by Gasteiger charge is 2.42. The molecule has 132 valence electrons. The molecule has 3 N–H and O–H groups in total. The normalized spacial score (nSPS) is 15.8. The first kappa shape index (κ1) is 18.4. The Hall–Kier alpha value is -1.95. The molecule has 0 radical (unpaired) electrons. The van der Waals surface area contributed by atoms with E-state index in [1.807, 2.05) is 0 Å². The second-order valence-corrected chi connectivity index (χ2v) is 6.85. The number of hydrogen-bond acceptors (Lipinski definition) is 4. The van der Waals surface area contributed by atoms with Crippen LogP contribution in [-0.2, 0) is 4.79 Å². The maximum absolute atomic E-state index is 12.6. The van der Waals surface area contributed by atoms with Gasteiger partial charge in [-0.3, -0.25) is 9.59 Å². The number of carbonyl (C=O) groups is 2. The van der Waals surface area contributed by atoms with E-state index in [0.717, 1.165) is 25.7 Å². The van der Waals surface area contributed by atoms with Crippen LogP contribution in [0.1, 0.15) is 36.0 Å². The van der Waals surface area contributed by atoms with Gasteiger partial charge in [0.1, 0.15) is 5.75 Å². The van der Waals surface area contributed by atoms with E-state index in [1.54, 1.807) is 19.0 Å². The van der Waals surface area contributed by atoms with Crippen LogP contribution in [0, 0.1) is 5.41 Å². The van der Waals surface area contributed by atoms with E-state index < -0.39 is 5.41 Å². The number of nitrogen functional groups attached to an aromatic ring is 1. The predicted molar refractivity (Wildman–Crippen MR) is 94.3 cm³/mol. The molecule has 0 unspecified atom stereocenters. The van der Waals surface area contributed by atoms with Crippen molar-refractivity contribution < 1.29 is 14.3 Å². The van der Waals surface area contributed by atoms with Crippen molar-refractivity contribution in [3.8, 4) is 5.75 Å². The molecule has 1 aliphatic carbocycles. The fourth-order valence-corrected chi connectivity index (χ4v) is 3.42. The average Bonchev–Trinajstić information content (AvgIpc) is 3.03. The van der Waals surface area contributed by atoms with Crippen LogP contribution in [0.4, 0.5) is 5.69 Å². The Kier molecular flexibility index (Phi) is 5.59. The third-order valence-corrected chi connectivity index (χ3v) is 4.90. The van der Waals surface area contributed by atoms with Gasteiger partial charge in [0, 0.05) is 26.7 Å². The monoisotopic (exact) mass is 353 g/mol. The maximum Gasteiger partial charge on any atom is 0.255 e. The molecule has 0 spiro atoms. The minimum absolute atomic E-state index is 0.0580. The summed E-state index contributed by atoms with van der Waals surface area (Å²) in [5.41, 5.74) is 5.87. The fraction of sp³-hybridized carbons (Fsp3) is 0.529. The minimum atomic E-state index is -0.524. The Bertz CT molecular complexity index is 640. The second kappa shape index (κ2) is 7.30. The molecule has 0 aromatic heterocycles. The molecule has 1 aliphatic rings. The fourth-order valence-electron chi connectivity index (χ4n) is 3.25. The van der Waals surface area contributed by atoms with Crippen molar-refractivity contribution in [2.24, 2.45) is 5.41 Å². The zero-order valence-corrected chi connectivity index (χ0v) is 15.1. The second-order valence-electron chi connectivity index (χ2n) is 6.44. The zero-order valence-electron chi connectivity index (χ0n) is 14.3. The molecule has 1 saturated carbocycles. The molecule has 7 heteroatoms. The first-order valence-electron chi connectivity index (χ1n) is 7.94. The van der Waals surface area contributed by atoms with Gasteiger partial charge in [0.05, 0.1) is 28.8 Å². The quantitative estimate of drug-likeness (QED) is 0.795. The van der Waals surface area contributed by atoms with Gasteiger partial charge in [-0.2, -0.15) is 0 Å². The van der Waals surface area contributed by atoms with Crippen LogP contribution >= 0.6 is 11.6 Å². The van der Waals surface area contributed by atoms with Crippen molar-refractivity contribution in [3.63, 3.8) is 0 Å². The van der Waals surface area contributed by atoms with Crippen molar-refractivity contribution >= 4 is 29.1 Å². The number of nitrogens with one attached hydrogen (secondary N) is 1. The van der Waals surface area contributed by atoms with Crippen LogP contribution in [0.2, 0.25) is 5.02 Å². The Balaban J connectivity index is 2.18. The third kappa shape index (κ3) is 3.59.